The van der Waals surface area contributed by atoms with E-state index in [1.807, 2.05) is 12.5 Å². The van der Waals surface area contributed by atoms with Crippen LogP contribution in [-0.4, -0.2) is 70.6 Å². The van der Waals surface area contributed by atoms with E-state index in [4.69, 9.17) is 4.99 Å². The molecule has 2 saturated heterocycles. The second kappa shape index (κ2) is 9.40. The van der Waals surface area contributed by atoms with Crippen molar-refractivity contribution in [3.63, 3.8) is 0 Å². The van der Waals surface area contributed by atoms with E-state index in [9.17, 15) is 0 Å². The molecule has 0 radical (unpaired) electrons. The predicted molar refractivity (Wildman–Crippen MR) is 107 cm³/mol. The van der Waals surface area contributed by atoms with Gasteiger partial charge >= 0.3 is 0 Å². The molecule has 0 spiro atoms. The molecular weight excluding hydrogens is 324 g/mol. The van der Waals surface area contributed by atoms with Crippen LogP contribution in [0.1, 0.15) is 52.5 Å². The SMILES string of the molecule is CCNC(=NCC1CCCCN1CC)N1CCC(C)C(n2ccnc2)C1. The van der Waals surface area contributed by atoms with E-state index >= 15 is 0 Å². The summed E-state index contributed by atoms with van der Waals surface area (Å²) >= 11 is 0. The van der Waals surface area contributed by atoms with Gasteiger partial charge in [0, 0.05) is 38.1 Å². The largest absolute Gasteiger partial charge is 0.357 e. The van der Waals surface area contributed by atoms with Gasteiger partial charge in [0.1, 0.15) is 0 Å². The van der Waals surface area contributed by atoms with Crippen molar-refractivity contribution < 1.29 is 0 Å². The number of likely N-dealkylation sites (tertiary alicyclic amines) is 2. The van der Waals surface area contributed by atoms with Crippen LogP contribution < -0.4 is 5.32 Å². The molecule has 2 fully saturated rings. The lowest BCUT2D eigenvalue weighted by molar-refractivity contribution is 0.160. The van der Waals surface area contributed by atoms with Crippen LogP contribution in [0.25, 0.3) is 0 Å². The molecule has 1 N–H and O–H groups in total. The van der Waals surface area contributed by atoms with Crippen LogP contribution in [0, 0.1) is 5.92 Å². The Hall–Kier alpha value is -1.56. The monoisotopic (exact) mass is 360 g/mol. The Morgan fingerprint density at radius 2 is 2.12 bits per heavy atom. The predicted octanol–water partition coefficient (Wildman–Crippen LogP) is 2.61. The zero-order valence-corrected chi connectivity index (χ0v) is 16.8. The van der Waals surface area contributed by atoms with Crippen molar-refractivity contribution in [3.8, 4) is 0 Å². The number of likely N-dealkylation sites (N-methyl/N-ethyl adjacent to an activating group) is 1. The number of hydrogen-bond acceptors (Lipinski definition) is 3. The molecule has 3 heterocycles. The summed E-state index contributed by atoms with van der Waals surface area (Å²) in [7, 11) is 0. The summed E-state index contributed by atoms with van der Waals surface area (Å²) in [4.78, 5) is 14.4. The lowest BCUT2D eigenvalue weighted by Crippen LogP contribution is -2.49. The molecule has 0 amide bonds. The van der Waals surface area contributed by atoms with Crippen molar-refractivity contribution in [2.24, 2.45) is 10.9 Å². The minimum absolute atomic E-state index is 0.469. The quantitative estimate of drug-likeness (QED) is 0.648. The Kier molecular flexibility index (Phi) is 6.94. The molecule has 3 rings (SSSR count). The van der Waals surface area contributed by atoms with Crippen molar-refractivity contribution in [1.82, 2.24) is 24.7 Å². The maximum absolute atomic E-state index is 5.06. The number of nitrogens with zero attached hydrogens (tertiary/aromatic N) is 5. The molecule has 3 atom stereocenters. The van der Waals surface area contributed by atoms with Gasteiger partial charge in [-0.05, 0) is 45.2 Å². The van der Waals surface area contributed by atoms with Crippen LogP contribution >= 0.6 is 0 Å². The number of guanidine groups is 1. The zero-order valence-electron chi connectivity index (χ0n) is 16.8. The Balaban J connectivity index is 1.68. The summed E-state index contributed by atoms with van der Waals surface area (Å²) in [6, 6.07) is 1.08. The fraction of sp³-hybridized carbons (Fsp3) is 0.800. The van der Waals surface area contributed by atoms with Gasteiger partial charge in [-0.15, -0.1) is 0 Å². The molecule has 2 aliphatic heterocycles. The highest BCUT2D eigenvalue weighted by Gasteiger charge is 2.29. The number of rotatable bonds is 5. The van der Waals surface area contributed by atoms with Crippen molar-refractivity contribution in [3.05, 3.63) is 18.7 Å². The molecule has 6 nitrogen and oxygen atoms in total. The number of aromatic nitrogens is 2. The molecule has 0 aromatic carbocycles. The molecule has 0 bridgehead atoms. The van der Waals surface area contributed by atoms with Gasteiger partial charge in [0.25, 0.3) is 0 Å². The number of nitrogens with one attached hydrogen (secondary N) is 1. The Morgan fingerprint density at radius 3 is 2.85 bits per heavy atom. The Bertz CT molecular complexity index is 555. The van der Waals surface area contributed by atoms with Gasteiger partial charge in [0.15, 0.2) is 5.96 Å². The summed E-state index contributed by atoms with van der Waals surface area (Å²) < 4.78 is 2.26. The van der Waals surface area contributed by atoms with Crippen LogP contribution in [-0.2, 0) is 0 Å². The lowest BCUT2D eigenvalue weighted by atomic mass is 9.93. The molecule has 26 heavy (non-hydrogen) atoms. The number of aliphatic imine (C=N–C) groups is 1. The molecule has 0 saturated carbocycles. The minimum atomic E-state index is 0.469. The van der Waals surface area contributed by atoms with Gasteiger partial charge in [-0.3, -0.25) is 9.89 Å². The third-order valence-electron chi connectivity index (χ3n) is 6.07. The molecule has 1 aromatic rings. The van der Waals surface area contributed by atoms with Gasteiger partial charge < -0.3 is 14.8 Å². The van der Waals surface area contributed by atoms with E-state index in [1.54, 1.807) is 0 Å². The highest BCUT2D eigenvalue weighted by Crippen LogP contribution is 2.27. The van der Waals surface area contributed by atoms with E-state index in [0.29, 0.717) is 18.0 Å². The van der Waals surface area contributed by atoms with Gasteiger partial charge in [-0.25, -0.2) is 4.98 Å². The normalized spacial score (nSPS) is 28.3. The molecule has 0 aliphatic carbocycles. The van der Waals surface area contributed by atoms with Crippen LogP contribution in [0.4, 0.5) is 0 Å². The lowest BCUT2D eigenvalue weighted by Gasteiger charge is -2.39. The average Bonchev–Trinajstić information content (AvgIpc) is 3.20. The second-order valence-corrected chi connectivity index (χ2v) is 7.76. The molecule has 1 aromatic heterocycles. The highest BCUT2D eigenvalue weighted by atomic mass is 15.3. The van der Waals surface area contributed by atoms with E-state index in [1.165, 1.54) is 32.2 Å². The summed E-state index contributed by atoms with van der Waals surface area (Å²) in [5.74, 6) is 1.75. The van der Waals surface area contributed by atoms with Crippen LogP contribution in [0.2, 0.25) is 0 Å². The molecular formula is C20H36N6. The summed E-state index contributed by atoms with van der Waals surface area (Å²) in [5, 5.41) is 3.54. The van der Waals surface area contributed by atoms with E-state index in [0.717, 1.165) is 38.7 Å². The first-order chi connectivity index (χ1) is 12.7. The first kappa shape index (κ1) is 19.2. The standard InChI is InChI=1S/C20H36N6/c1-4-22-20(23-14-18-8-6-7-11-24(18)5-2)25-12-9-17(3)19(15-25)26-13-10-21-16-26/h10,13,16-19H,4-9,11-12,14-15H2,1-3H3,(H,22,23). The first-order valence-corrected chi connectivity index (χ1v) is 10.5. The number of piperidine rings is 2. The topological polar surface area (TPSA) is 48.7 Å². The summed E-state index contributed by atoms with van der Waals surface area (Å²) in [5.41, 5.74) is 0. The maximum Gasteiger partial charge on any atom is 0.194 e. The van der Waals surface area contributed by atoms with Crippen molar-refractivity contribution in [2.75, 3.05) is 39.3 Å². The summed E-state index contributed by atoms with van der Waals surface area (Å²) in [6.45, 7) is 13.1. The molecule has 3 unspecified atom stereocenters. The second-order valence-electron chi connectivity index (χ2n) is 7.76. The summed E-state index contributed by atoms with van der Waals surface area (Å²) in [6.07, 6.45) is 11.1. The van der Waals surface area contributed by atoms with Crippen LogP contribution in [0.3, 0.4) is 0 Å². The third-order valence-corrected chi connectivity index (χ3v) is 6.07. The molecule has 2 aliphatic rings. The maximum atomic E-state index is 5.06. The molecule has 146 valence electrons. The van der Waals surface area contributed by atoms with Gasteiger partial charge in [-0.1, -0.05) is 20.3 Å². The third kappa shape index (κ3) is 4.58. The highest BCUT2D eigenvalue weighted by molar-refractivity contribution is 5.80. The minimum Gasteiger partial charge on any atom is -0.357 e. The van der Waals surface area contributed by atoms with Gasteiger partial charge in [0.2, 0.25) is 0 Å². The van der Waals surface area contributed by atoms with Crippen LogP contribution in [0.5, 0.6) is 0 Å². The number of imidazole rings is 1. The Labute approximate surface area is 158 Å². The van der Waals surface area contributed by atoms with Crippen molar-refractivity contribution in [2.45, 2.75) is 58.5 Å². The number of hydrogen-bond donors (Lipinski definition) is 1. The molecule has 6 heteroatoms. The first-order valence-electron chi connectivity index (χ1n) is 10.5. The van der Waals surface area contributed by atoms with Crippen molar-refractivity contribution in [1.29, 1.82) is 0 Å². The fourth-order valence-electron chi connectivity index (χ4n) is 4.40. The zero-order chi connectivity index (χ0) is 18.4. The van der Waals surface area contributed by atoms with Gasteiger partial charge in [0.05, 0.1) is 18.9 Å². The van der Waals surface area contributed by atoms with E-state index < -0.39 is 0 Å². The van der Waals surface area contributed by atoms with Gasteiger partial charge in [-0.2, -0.15) is 0 Å². The van der Waals surface area contributed by atoms with E-state index in [-0.39, 0.29) is 0 Å². The Morgan fingerprint density at radius 1 is 1.23 bits per heavy atom. The fourth-order valence-corrected chi connectivity index (χ4v) is 4.40. The average molecular weight is 361 g/mol. The van der Waals surface area contributed by atoms with Crippen molar-refractivity contribution >= 4 is 5.96 Å². The van der Waals surface area contributed by atoms with Crippen LogP contribution in [0.15, 0.2) is 23.7 Å². The smallest absolute Gasteiger partial charge is 0.194 e. The van der Waals surface area contributed by atoms with E-state index in [2.05, 4.69) is 51.6 Å².